The van der Waals surface area contributed by atoms with E-state index in [4.69, 9.17) is 9.73 Å². The number of carbonyl (C=O) groups is 2. The van der Waals surface area contributed by atoms with Crippen molar-refractivity contribution in [2.45, 2.75) is 0 Å². The Morgan fingerprint density at radius 1 is 0.914 bits per heavy atom. The first kappa shape index (κ1) is 23.6. The molecule has 0 aliphatic carbocycles. The Kier molecular flexibility index (Phi) is 6.55. The van der Waals surface area contributed by atoms with Crippen molar-refractivity contribution >= 4 is 40.0 Å². The van der Waals surface area contributed by atoms with Crippen molar-refractivity contribution in [1.29, 1.82) is 0 Å². The number of hydrogen-bond acceptors (Lipinski definition) is 5. The Hall–Kier alpha value is -4.59. The van der Waals surface area contributed by atoms with Gasteiger partial charge in [-0.15, -0.1) is 0 Å². The number of urea groups is 1. The molecule has 35 heavy (non-hydrogen) atoms. The van der Waals surface area contributed by atoms with E-state index in [-0.39, 0.29) is 11.9 Å². The van der Waals surface area contributed by atoms with Gasteiger partial charge in [0.1, 0.15) is 0 Å². The third-order valence-corrected chi connectivity index (χ3v) is 5.63. The van der Waals surface area contributed by atoms with E-state index in [0.29, 0.717) is 33.4 Å². The number of rotatable bonds is 5. The standard InChI is InChI=1S/C27H26N4O4/c1-30(2)27(34)31(3)20-13-11-19(12-14-20)28-24(17-8-6-5-7-9-17)23-21-15-10-18(26(33)35-4)16-22(21)29-25(23)32/h5-16,29,32H,1-4H3. The molecule has 0 bridgehead atoms. The number of amides is 2. The van der Waals surface area contributed by atoms with Gasteiger partial charge in [0.25, 0.3) is 0 Å². The number of aliphatic imine (C=N–C) groups is 1. The van der Waals surface area contributed by atoms with Crippen LogP contribution in [0.5, 0.6) is 5.88 Å². The van der Waals surface area contributed by atoms with E-state index in [0.717, 1.165) is 11.3 Å². The number of fused-ring (bicyclic) bond motifs is 1. The lowest BCUT2D eigenvalue weighted by molar-refractivity contribution is 0.0601. The second-order valence-corrected chi connectivity index (χ2v) is 8.18. The molecular weight excluding hydrogens is 444 g/mol. The fourth-order valence-electron chi connectivity index (χ4n) is 3.82. The summed E-state index contributed by atoms with van der Waals surface area (Å²) in [5, 5.41) is 11.6. The monoisotopic (exact) mass is 470 g/mol. The van der Waals surface area contributed by atoms with Gasteiger partial charge in [0.2, 0.25) is 0 Å². The fraction of sp³-hybridized carbons (Fsp3) is 0.148. The van der Waals surface area contributed by atoms with Crippen LogP contribution in [-0.4, -0.2) is 61.0 Å². The predicted molar refractivity (Wildman–Crippen MR) is 137 cm³/mol. The largest absolute Gasteiger partial charge is 0.494 e. The molecule has 4 rings (SSSR count). The van der Waals surface area contributed by atoms with E-state index in [1.807, 2.05) is 54.6 Å². The molecule has 178 valence electrons. The van der Waals surface area contributed by atoms with Crippen LogP contribution in [0.2, 0.25) is 0 Å². The number of methoxy groups -OCH3 is 1. The van der Waals surface area contributed by atoms with Crippen LogP contribution in [-0.2, 0) is 4.74 Å². The Bertz CT molecular complexity index is 1410. The number of aromatic amines is 1. The summed E-state index contributed by atoms with van der Waals surface area (Å²) < 4.78 is 4.81. The van der Waals surface area contributed by atoms with Crippen LogP contribution in [0, 0.1) is 0 Å². The van der Waals surface area contributed by atoms with Crippen molar-refractivity contribution in [2.75, 3.05) is 33.2 Å². The highest BCUT2D eigenvalue weighted by Gasteiger charge is 2.20. The number of H-pyrrole nitrogens is 1. The summed E-state index contributed by atoms with van der Waals surface area (Å²) in [6.45, 7) is 0. The summed E-state index contributed by atoms with van der Waals surface area (Å²) in [5.41, 5.74) is 4.23. The normalized spacial score (nSPS) is 11.4. The Morgan fingerprint density at radius 3 is 2.23 bits per heavy atom. The maximum Gasteiger partial charge on any atom is 0.337 e. The van der Waals surface area contributed by atoms with Crippen LogP contribution in [0.1, 0.15) is 21.5 Å². The van der Waals surface area contributed by atoms with Crippen LogP contribution in [0.25, 0.3) is 10.9 Å². The van der Waals surface area contributed by atoms with E-state index in [9.17, 15) is 14.7 Å². The van der Waals surface area contributed by atoms with Gasteiger partial charge in [-0.3, -0.25) is 4.90 Å². The van der Waals surface area contributed by atoms with Gasteiger partial charge in [-0.05, 0) is 36.4 Å². The van der Waals surface area contributed by atoms with Crippen molar-refractivity contribution in [3.05, 3.63) is 89.5 Å². The summed E-state index contributed by atoms with van der Waals surface area (Å²) in [6.07, 6.45) is 0. The third-order valence-electron chi connectivity index (χ3n) is 5.63. The van der Waals surface area contributed by atoms with Gasteiger partial charge >= 0.3 is 12.0 Å². The minimum absolute atomic E-state index is 0.0578. The molecule has 0 aliphatic rings. The Balaban J connectivity index is 1.81. The van der Waals surface area contributed by atoms with Gasteiger partial charge in [-0.2, -0.15) is 0 Å². The smallest absolute Gasteiger partial charge is 0.337 e. The zero-order valence-corrected chi connectivity index (χ0v) is 19.9. The minimum Gasteiger partial charge on any atom is -0.494 e. The number of nitrogens with one attached hydrogen (secondary N) is 1. The average Bonchev–Trinajstić information content (AvgIpc) is 3.21. The van der Waals surface area contributed by atoms with E-state index in [1.54, 1.807) is 44.2 Å². The van der Waals surface area contributed by atoms with Gasteiger partial charge in [0.05, 0.1) is 29.6 Å². The molecule has 8 heteroatoms. The lowest BCUT2D eigenvalue weighted by Gasteiger charge is -2.21. The summed E-state index contributed by atoms with van der Waals surface area (Å²) >= 11 is 0. The van der Waals surface area contributed by atoms with Crippen molar-refractivity contribution < 1.29 is 19.4 Å². The van der Waals surface area contributed by atoms with Gasteiger partial charge in [0.15, 0.2) is 5.88 Å². The summed E-state index contributed by atoms with van der Waals surface area (Å²) in [5.74, 6) is -0.519. The van der Waals surface area contributed by atoms with Crippen molar-refractivity contribution in [3.8, 4) is 5.88 Å². The maximum atomic E-state index is 12.3. The highest BCUT2D eigenvalue weighted by molar-refractivity contribution is 6.22. The molecule has 1 aromatic heterocycles. The number of esters is 1. The molecule has 0 radical (unpaired) electrons. The molecule has 1 heterocycles. The van der Waals surface area contributed by atoms with E-state index in [1.165, 1.54) is 12.0 Å². The van der Waals surface area contributed by atoms with Crippen LogP contribution in [0.4, 0.5) is 16.2 Å². The second kappa shape index (κ2) is 9.72. The van der Waals surface area contributed by atoms with Crippen molar-refractivity contribution in [2.24, 2.45) is 4.99 Å². The molecular formula is C27H26N4O4. The van der Waals surface area contributed by atoms with Crippen LogP contribution >= 0.6 is 0 Å². The topological polar surface area (TPSA) is 98.2 Å². The van der Waals surface area contributed by atoms with E-state index < -0.39 is 5.97 Å². The molecule has 0 saturated heterocycles. The zero-order chi connectivity index (χ0) is 25.1. The summed E-state index contributed by atoms with van der Waals surface area (Å²) in [7, 11) is 6.43. The summed E-state index contributed by atoms with van der Waals surface area (Å²) in [4.78, 5) is 35.1. The molecule has 2 N–H and O–H groups in total. The van der Waals surface area contributed by atoms with Gasteiger partial charge in [-0.1, -0.05) is 36.4 Å². The number of aromatic hydroxyl groups is 1. The van der Waals surface area contributed by atoms with Gasteiger partial charge in [0, 0.05) is 43.3 Å². The molecule has 0 atom stereocenters. The molecule has 0 aliphatic heterocycles. The first-order valence-corrected chi connectivity index (χ1v) is 10.9. The Morgan fingerprint density at radius 2 is 1.60 bits per heavy atom. The van der Waals surface area contributed by atoms with E-state index >= 15 is 0 Å². The van der Waals surface area contributed by atoms with Crippen molar-refractivity contribution in [1.82, 2.24) is 9.88 Å². The molecule has 0 spiro atoms. The number of anilines is 1. The predicted octanol–water partition coefficient (Wildman–Crippen LogP) is 4.95. The molecule has 0 saturated carbocycles. The molecule has 2 amide bonds. The Labute approximate surface area is 203 Å². The summed E-state index contributed by atoms with van der Waals surface area (Å²) in [6, 6.07) is 21.7. The molecule has 8 nitrogen and oxygen atoms in total. The lowest BCUT2D eigenvalue weighted by Crippen LogP contribution is -2.36. The number of nitrogens with zero attached hydrogens (tertiary/aromatic N) is 3. The van der Waals surface area contributed by atoms with Crippen LogP contribution < -0.4 is 4.90 Å². The second-order valence-electron chi connectivity index (χ2n) is 8.18. The minimum atomic E-state index is -0.461. The molecule has 3 aromatic carbocycles. The van der Waals surface area contributed by atoms with Crippen molar-refractivity contribution in [3.63, 3.8) is 0 Å². The van der Waals surface area contributed by atoms with E-state index in [2.05, 4.69) is 4.98 Å². The fourth-order valence-corrected chi connectivity index (χ4v) is 3.82. The van der Waals surface area contributed by atoms with Gasteiger partial charge in [-0.25, -0.2) is 14.6 Å². The number of aromatic nitrogens is 1. The molecule has 0 fully saturated rings. The highest BCUT2D eigenvalue weighted by atomic mass is 16.5. The number of carbonyl (C=O) groups excluding carboxylic acids is 2. The third kappa shape index (κ3) is 4.72. The molecule has 4 aromatic rings. The SMILES string of the molecule is COC(=O)c1ccc2c(C(=Nc3ccc(N(C)C(=O)N(C)C)cc3)c3ccccc3)c(O)[nH]c2c1. The van der Waals surface area contributed by atoms with Crippen LogP contribution in [0.3, 0.4) is 0 Å². The number of hydrogen-bond donors (Lipinski definition) is 2. The van der Waals surface area contributed by atoms with Gasteiger partial charge < -0.3 is 19.7 Å². The van der Waals surface area contributed by atoms with Crippen LogP contribution in [0.15, 0.2) is 77.8 Å². The first-order chi connectivity index (χ1) is 16.8. The molecule has 0 unspecified atom stereocenters. The first-order valence-electron chi connectivity index (χ1n) is 10.9. The quantitative estimate of drug-likeness (QED) is 0.319. The zero-order valence-electron chi connectivity index (χ0n) is 19.9. The number of ether oxygens (including phenoxy) is 1. The number of benzene rings is 3. The average molecular weight is 471 g/mol. The lowest BCUT2D eigenvalue weighted by atomic mass is 10.00. The maximum absolute atomic E-state index is 12.3. The highest BCUT2D eigenvalue weighted by Crippen LogP contribution is 2.32.